The van der Waals surface area contributed by atoms with Crippen molar-refractivity contribution in [3.8, 4) is 16.9 Å². The largest absolute Gasteiger partial charge is 0.507 e. The molecule has 0 bridgehead atoms. The van der Waals surface area contributed by atoms with E-state index in [-0.39, 0.29) is 11.2 Å². The number of hydrogen-bond acceptors (Lipinski definition) is 3. The predicted octanol–water partition coefficient (Wildman–Crippen LogP) is 3.78. The Kier molecular flexibility index (Phi) is 2.83. The summed E-state index contributed by atoms with van der Waals surface area (Å²) in [4.78, 5) is 12.4. The Hall–Kier alpha value is -2.55. The molecule has 3 rings (SSSR count). The summed E-state index contributed by atoms with van der Waals surface area (Å²) in [5, 5.41) is 11.2. The molecule has 0 aliphatic rings. The maximum Gasteiger partial charge on any atom is 0.190 e. The van der Waals surface area contributed by atoms with Crippen LogP contribution in [0.4, 0.5) is 0 Å². The van der Waals surface area contributed by atoms with Crippen molar-refractivity contribution in [2.24, 2.45) is 0 Å². The van der Waals surface area contributed by atoms with Crippen LogP contribution in [0.2, 0.25) is 0 Å². The summed E-state index contributed by atoms with van der Waals surface area (Å²) in [6.45, 7) is 3.48. The number of rotatable bonds is 1. The van der Waals surface area contributed by atoms with E-state index in [9.17, 15) is 9.90 Å². The zero-order valence-electron chi connectivity index (χ0n) is 11.3. The molecule has 0 unspecified atom stereocenters. The van der Waals surface area contributed by atoms with Crippen LogP contribution >= 0.6 is 0 Å². The highest BCUT2D eigenvalue weighted by Crippen LogP contribution is 2.32. The van der Waals surface area contributed by atoms with E-state index >= 15 is 0 Å². The van der Waals surface area contributed by atoms with Crippen LogP contribution in [0.3, 0.4) is 0 Å². The Morgan fingerprint density at radius 1 is 0.900 bits per heavy atom. The summed E-state index contributed by atoms with van der Waals surface area (Å²) in [6, 6.07) is 12.7. The van der Waals surface area contributed by atoms with Crippen LogP contribution in [0.5, 0.6) is 5.75 Å². The first-order valence-corrected chi connectivity index (χ1v) is 6.40. The van der Waals surface area contributed by atoms with Crippen molar-refractivity contribution in [2.75, 3.05) is 0 Å². The van der Waals surface area contributed by atoms with Crippen LogP contribution in [0.25, 0.3) is 21.9 Å². The molecule has 0 amide bonds. The van der Waals surface area contributed by atoms with Crippen LogP contribution in [-0.2, 0) is 0 Å². The van der Waals surface area contributed by atoms with Gasteiger partial charge in [-0.25, -0.2) is 0 Å². The minimum Gasteiger partial charge on any atom is -0.507 e. The Balaban J connectivity index is 2.43. The molecule has 3 nitrogen and oxygen atoms in total. The third-order valence-corrected chi connectivity index (χ3v) is 3.45. The summed E-state index contributed by atoms with van der Waals surface area (Å²) in [5.41, 5.74) is 1.45. The van der Waals surface area contributed by atoms with Crippen LogP contribution in [0.1, 0.15) is 11.5 Å². The fraction of sp³-hybridized carbons (Fsp3) is 0.118. The second-order valence-corrected chi connectivity index (χ2v) is 4.82. The molecule has 100 valence electrons. The normalized spacial score (nSPS) is 10.9. The Labute approximate surface area is 116 Å². The topological polar surface area (TPSA) is 50.4 Å². The molecule has 0 radical (unpaired) electrons. The van der Waals surface area contributed by atoms with Crippen molar-refractivity contribution in [2.45, 2.75) is 13.8 Å². The van der Waals surface area contributed by atoms with Gasteiger partial charge in [0.1, 0.15) is 17.3 Å². The van der Waals surface area contributed by atoms with Gasteiger partial charge in [0.05, 0.1) is 10.8 Å². The van der Waals surface area contributed by atoms with Gasteiger partial charge in [-0.1, -0.05) is 30.3 Å². The summed E-state index contributed by atoms with van der Waals surface area (Å²) < 4.78 is 5.45. The summed E-state index contributed by atoms with van der Waals surface area (Å²) in [7, 11) is 0. The molecule has 3 heteroatoms. The Morgan fingerprint density at radius 3 is 2.25 bits per heavy atom. The Morgan fingerprint density at radius 2 is 1.55 bits per heavy atom. The molecule has 2 aromatic carbocycles. The van der Waals surface area contributed by atoms with Gasteiger partial charge >= 0.3 is 0 Å². The van der Waals surface area contributed by atoms with Gasteiger partial charge < -0.3 is 9.52 Å². The summed E-state index contributed by atoms with van der Waals surface area (Å²) in [6.07, 6.45) is 0. The molecule has 20 heavy (non-hydrogen) atoms. The lowest BCUT2D eigenvalue weighted by molar-refractivity contribution is 0.477. The van der Waals surface area contributed by atoms with Gasteiger partial charge in [-0.2, -0.15) is 0 Å². The second-order valence-electron chi connectivity index (χ2n) is 4.82. The first-order chi connectivity index (χ1) is 9.58. The van der Waals surface area contributed by atoms with Crippen LogP contribution in [-0.4, -0.2) is 5.11 Å². The highest BCUT2D eigenvalue weighted by molar-refractivity contribution is 5.92. The van der Waals surface area contributed by atoms with Gasteiger partial charge in [-0.3, -0.25) is 4.79 Å². The number of fused-ring (bicyclic) bond motifs is 1. The average Bonchev–Trinajstić information content (AvgIpc) is 2.65. The third kappa shape index (κ3) is 1.88. The molecule has 0 atom stereocenters. The molecule has 3 aromatic rings. The van der Waals surface area contributed by atoms with Gasteiger partial charge in [-0.05, 0) is 37.1 Å². The quantitative estimate of drug-likeness (QED) is 0.729. The highest BCUT2D eigenvalue weighted by Gasteiger charge is 2.14. The lowest BCUT2D eigenvalue weighted by Gasteiger charge is -1.97. The monoisotopic (exact) mass is 266 g/mol. The standard InChI is InChI=1S/C17H14O3/c1-10-16-14(18)8-13(12-6-4-3-5-7-12)9-15(19)17(16)11(2)20-10/h3-9,18H,1-2H3. The molecule has 0 aliphatic heterocycles. The minimum absolute atomic E-state index is 0.0651. The van der Waals surface area contributed by atoms with Gasteiger partial charge in [0, 0.05) is 0 Å². The van der Waals surface area contributed by atoms with E-state index in [2.05, 4.69) is 0 Å². The number of aromatic hydroxyl groups is 1. The maximum absolute atomic E-state index is 12.4. The van der Waals surface area contributed by atoms with Crippen molar-refractivity contribution in [3.63, 3.8) is 0 Å². The molecule has 1 aromatic heterocycles. The first kappa shape index (κ1) is 12.5. The van der Waals surface area contributed by atoms with Crippen molar-refractivity contribution in [1.29, 1.82) is 0 Å². The average molecular weight is 266 g/mol. The number of benzene rings is 1. The van der Waals surface area contributed by atoms with Crippen LogP contribution < -0.4 is 5.43 Å². The molecule has 0 aliphatic carbocycles. The van der Waals surface area contributed by atoms with E-state index in [0.29, 0.717) is 27.9 Å². The highest BCUT2D eigenvalue weighted by atomic mass is 16.3. The van der Waals surface area contributed by atoms with Crippen molar-refractivity contribution in [3.05, 3.63) is 64.2 Å². The minimum atomic E-state index is -0.145. The molecular weight excluding hydrogens is 252 g/mol. The van der Waals surface area contributed by atoms with Gasteiger partial charge in [0.25, 0.3) is 0 Å². The van der Waals surface area contributed by atoms with Gasteiger partial charge in [0.15, 0.2) is 5.43 Å². The maximum atomic E-state index is 12.4. The van der Waals surface area contributed by atoms with Crippen LogP contribution in [0.15, 0.2) is 51.7 Å². The van der Waals surface area contributed by atoms with E-state index in [0.717, 1.165) is 5.56 Å². The number of hydrogen-bond donors (Lipinski definition) is 1. The smallest absolute Gasteiger partial charge is 0.190 e. The fourth-order valence-corrected chi connectivity index (χ4v) is 2.56. The second kappa shape index (κ2) is 4.53. The molecule has 0 saturated heterocycles. The molecule has 0 fully saturated rings. The molecule has 1 heterocycles. The number of aryl methyl sites for hydroxylation is 2. The van der Waals surface area contributed by atoms with E-state index < -0.39 is 0 Å². The van der Waals surface area contributed by atoms with E-state index in [4.69, 9.17) is 4.42 Å². The summed E-state index contributed by atoms with van der Waals surface area (Å²) >= 11 is 0. The zero-order valence-corrected chi connectivity index (χ0v) is 11.3. The fourth-order valence-electron chi connectivity index (χ4n) is 2.56. The number of furan rings is 1. The SMILES string of the molecule is Cc1oc(C)c2c(=O)cc(-c3ccccc3)cc(O)c12. The predicted molar refractivity (Wildman–Crippen MR) is 79.1 cm³/mol. The van der Waals surface area contributed by atoms with Crippen LogP contribution in [0, 0.1) is 13.8 Å². The lowest BCUT2D eigenvalue weighted by atomic mass is 10.1. The molecule has 1 N–H and O–H groups in total. The van der Waals surface area contributed by atoms with Gasteiger partial charge in [-0.15, -0.1) is 0 Å². The Bertz CT molecular complexity index is 845. The van der Waals surface area contributed by atoms with E-state index in [1.54, 1.807) is 26.0 Å². The first-order valence-electron chi connectivity index (χ1n) is 6.40. The van der Waals surface area contributed by atoms with E-state index in [1.807, 2.05) is 30.3 Å². The lowest BCUT2D eigenvalue weighted by Crippen LogP contribution is -1.95. The zero-order chi connectivity index (χ0) is 14.3. The van der Waals surface area contributed by atoms with Crippen molar-refractivity contribution >= 4 is 10.8 Å². The third-order valence-electron chi connectivity index (χ3n) is 3.45. The molecular formula is C17H14O3. The van der Waals surface area contributed by atoms with Crippen molar-refractivity contribution < 1.29 is 9.52 Å². The van der Waals surface area contributed by atoms with Crippen molar-refractivity contribution in [1.82, 2.24) is 0 Å². The van der Waals surface area contributed by atoms with Gasteiger partial charge in [0.2, 0.25) is 0 Å². The van der Waals surface area contributed by atoms with E-state index in [1.165, 1.54) is 0 Å². The summed E-state index contributed by atoms with van der Waals surface area (Å²) in [5.74, 6) is 1.16. The molecule has 0 saturated carbocycles. The molecule has 0 spiro atoms.